The van der Waals surface area contributed by atoms with Gasteiger partial charge in [0.25, 0.3) is 0 Å². The van der Waals surface area contributed by atoms with Crippen LogP contribution in [-0.2, 0) is 0 Å². The van der Waals surface area contributed by atoms with Gasteiger partial charge in [-0.3, -0.25) is 4.72 Å². The Kier molecular flexibility index (Phi) is 7.09. The van der Waals surface area contributed by atoms with Crippen LogP contribution in [0.1, 0.15) is 12.8 Å². The average molecular weight is 131 g/mol. The zero-order chi connectivity index (χ0) is 6.24. The first-order valence-electron chi connectivity index (χ1n) is 2.81. The van der Waals surface area contributed by atoms with Crippen molar-refractivity contribution in [3.05, 3.63) is 12.7 Å². The van der Waals surface area contributed by atoms with Crippen LogP contribution in [0.5, 0.6) is 0 Å². The molecule has 0 aliphatic rings. The summed E-state index contributed by atoms with van der Waals surface area (Å²) in [4.78, 5) is 0. The number of hydrogen-bond donors (Lipinski definition) is 1. The molecule has 0 fully saturated rings. The van der Waals surface area contributed by atoms with Gasteiger partial charge in [0.2, 0.25) is 0 Å². The predicted molar refractivity (Wildman–Crippen MR) is 40.9 cm³/mol. The summed E-state index contributed by atoms with van der Waals surface area (Å²) in [6.45, 7) is 3.63. The van der Waals surface area contributed by atoms with Crippen molar-refractivity contribution in [3.63, 3.8) is 0 Å². The molecular formula is C6H13NS. The summed E-state index contributed by atoms with van der Waals surface area (Å²) in [5, 5.41) is 0. The molecule has 0 aromatic carbocycles. The van der Waals surface area contributed by atoms with Gasteiger partial charge in [0.05, 0.1) is 0 Å². The summed E-state index contributed by atoms with van der Waals surface area (Å²) in [6.07, 6.45) is 4.32. The van der Waals surface area contributed by atoms with E-state index in [1.54, 1.807) is 11.9 Å². The van der Waals surface area contributed by atoms with Crippen LogP contribution in [-0.4, -0.2) is 12.8 Å². The van der Waals surface area contributed by atoms with E-state index >= 15 is 0 Å². The predicted octanol–water partition coefficient (Wildman–Crippen LogP) is 1.82. The van der Waals surface area contributed by atoms with E-state index in [1.165, 1.54) is 12.2 Å². The van der Waals surface area contributed by atoms with E-state index in [1.807, 2.05) is 13.1 Å². The molecule has 0 saturated heterocycles. The number of nitrogens with one attached hydrogen (secondary N) is 1. The molecule has 0 atom stereocenters. The topological polar surface area (TPSA) is 12.0 Å². The first kappa shape index (κ1) is 8.05. The highest BCUT2D eigenvalue weighted by molar-refractivity contribution is 7.97. The molecule has 0 aromatic heterocycles. The Hall–Kier alpha value is 0.0500. The number of rotatable bonds is 5. The van der Waals surface area contributed by atoms with Gasteiger partial charge in [-0.1, -0.05) is 18.0 Å². The minimum Gasteiger partial charge on any atom is -0.267 e. The smallest absolute Gasteiger partial charge is 0.00814 e. The summed E-state index contributed by atoms with van der Waals surface area (Å²) < 4.78 is 3.01. The quantitative estimate of drug-likeness (QED) is 0.347. The fraction of sp³-hybridized carbons (Fsp3) is 0.667. The van der Waals surface area contributed by atoms with Crippen LogP contribution in [0.2, 0.25) is 0 Å². The van der Waals surface area contributed by atoms with Crippen molar-refractivity contribution in [2.75, 3.05) is 12.8 Å². The Balaban J connectivity index is 2.62. The van der Waals surface area contributed by atoms with E-state index in [9.17, 15) is 0 Å². The Morgan fingerprint density at radius 3 is 3.00 bits per heavy atom. The molecule has 1 nitrogen and oxygen atoms in total. The lowest BCUT2D eigenvalue weighted by Crippen LogP contribution is -1.92. The van der Waals surface area contributed by atoms with Crippen LogP contribution in [0.15, 0.2) is 12.7 Å². The van der Waals surface area contributed by atoms with Crippen molar-refractivity contribution in [1.29, 1.82) is 0 Å². The van der Waals surface area contributed by atoms with E-state index in [0.29, 0.717) is 0 Å². The summed E-state index contributed by atoms with van der Waals surface area (Å²) in [7, 11) is 1.94. The molecule has 0 aliphatic heterocycles. The molecule has 0 rings (SSSR count). The van der Waals surface area contributed by atoms with Crippen LogP contribution in [0.4, 0.5) is 0 Å². The van der Waals surface area contributed by atoms with Gasteiger partial charge >= 0.3 is 0 Å². The highest BCUT2D eigenvalue weighted by atomic mass is 32.2. The molecule has 1 N–H and O–H groups in total. The maximum absolute atomic E-state index is 3.63. The van der Waals surface area contributed by atoms with Crippen LogP contribution in [0, 0.1) is 0 Å². The summed E-state index contributed by atoms with van der Waals surface area (Å²) in [5.41, 5.74) is 0. The van der Waals surface area contributed by atoms with Gasteiger partial charge in [0.1, 0.15) is 0 Å². The summed E-state index contributed by atoms with van der Waals surface area (Å²) >= 11 is 1.75. The second-order valence-corrected chi connectivity index (χ2v) is 2.59. The molecule has 8 heavy (non-hydrogen) atoms. The lowest BCUT2D eigenvalue weighted by atomic mass is 10.3. The van der Waals surface area contributed by atoms with Crippen LogP contribution >= 0.6 is 11.9 Å². The van der Waals surface area contributed by atoms with E-state index in [0.717, 1.165) is 6.42 Å². The van der Waals surface area contributed by atoms with Gasteiger partial charge in [-0.2, -0.15) is 0 Å². The Morgan fingerprint density at radius 1 is 1.75 bits per heavy atom. The first-order chi connectivity index (χ1) is 3.91. The average Bonchev–Trinajstić information content (AvgIpc) is 1.81. The van der Waals surface area contributed by atoms with Crippen molar-refractivity contribution in [1.82, 2.24) is 4.72 Å². The van der Waals surface area contributed by atoms with Crippen LogP contribution < -0.4 is 4.72 Å². The third-order valence-electron chi connectivity index (χ3n) is 0.799. The molecule has 0 heterocycles. The van der Waals surface area contributed by atoms with Crippen molar-refractivity contribution in [2.45, 2.75) is 12.8 Å². The molecular weight excluding hydrogens is 118 g/mol. The molecule has 0 aromatic rings. The maximum atomic E-state index is 3.63. The molecule has 0 saturated carbocycles. The zero-order valence-corrected chi connectivity index (χ0v) is 6.13. The van der Waals surface area contributed by atoms with Crippen molar-refractivity contribution < 1.29 is 0 Å². The molecule has 0 amide bonds. The third kappa shape index (κ3) is 6.05. The molecule has 0 radical (unpaired) electrons. The SMILES string of the molecule is C=CCCCSNC. The van der Waals surface area contributed by atoms with Gasteiger partial charge in [-0.05, 0) is 19.9 Å². The number of allylic oxidation sites excluding steroid dienone is 1. The fourth-order valence-electron chi connectivity index (χ4n) is 0.402. The number of hydrogen-bond acceptors (Lipinski definition) is 2. The molecule has 48 valence electrons. The Bertz CT molecular complexity index is 54.5. The van der Waals surface area contributed by atoms with E-state index < -0.39 is 0 Å². The molecule has 0 bridgehead atoms. The van der Waals surface area contributed by atoms with Crippen molar-refractivity contribution in [2.24, 2.45) is 0 Å². The fourth-order valence-corrected chi connectivity index (χ4v) is 0.917. The first-order valence-corrected chi connectivity index (χ1v) is 3.79. The van der Waals surface area contributed by atoms with Gasteiger partial charge < -0.3 is 0 Å². The highest BCUT2D eigenvalue weighted by Gasteiger charge is 1.81. The Labute approximate surface area is 55.7 Å². The lowest BCUT2D eigenvalue weighted by molar-refractivity contribution is 0.970. The normalized spacial score (nSPS) is 9.12. The lowest BCUT2D eigenvalue weighted by Gasteiger charge is -1.93. The second kappa shape index (κ2) is 7.05. The van der Waals surface area contributed by atoms with Crippen molar-refractivity contribution in [3.8, 4) is 0 Å². The minimum atomic E-state index is 1.13. The van der Waals surface area contributed by atoms with E-state index in [-0.39, 0.29) is 0 Å². The van der Waals surface area contributed by atoms with Gasteiger partial charge in [0.15, 0.2) is 0 Å². The van der Waals surface area contributed by atoms with Gasteiger partial charge in [-0.25, -0.2) is 0 Å². The molecule has 2 heteroatoms. The zero-order valence-electron chi connectivity index (χ0n) is 5.31. The standard InChI is InChI=1S/C6H13NS/c1-3-4-5-6-8-7-2/h3,7H,1,4-6H2,2H3. The van der Waals surface area contributed by atoms with Crippen molar-refractivity contribution >= 4 is 11.9 Å². The van der Waals surface area contributed by atoms with Crippen LogP contribution in [0.25, 0.3) is 0 Å². The minimum absolute atomic E-state index is 1.13. The largest absolute Gasteiger partial charge is 0.267 e. The molecule has 0 spiro atoms. The number of unbranched alkanes of at least 4 members (excludes halogenated alkanes) is 1. The van der Waals surface area contributed by atoms with Crippen LogP contribution in [0.3, 0.4) is 0 Å². The van der Waals surface area contributed by atoms with E-state index in [2.05, 4.69) is 11.3 Å². The third-order valence-corrected chi connectivity index (χ3v) is 1.58. The summed E-state index contributed by atoms with van der Waals surface area (Å²) in [5.74, 6) is 1.18. The summed E-state index contributed by atoms with van der Waals surface area (Å²) in [6, 6.07) is 0. The molecule has 0 aliphatic carbocycles. The highest BCUT2D eigenvalue weighted by Crippen LogP contribution is 1.97. The van der Waals surface area contributed by atoms with E-state index in [4.69, 9.17) is 0 Å². The molecule has 0 unspecified atom stereocenters. The van der Waals surface area contributed by atoms with Gasteiger partial charge in [-0.15, -0.1) is 6.58 Å². The second-order valence-electron chi connectivity index (χ2n) is 1.48. The monoisotopic (exact) mass is 131 g/mol. The maximum Gasteiger partial charge on any atom is 0.00814 e. The Morgan fingerprint density at radius 2 is 2.50 bits per heavy atom. The van der Waals surface area contributed by atoms with Gasteiger partial charge in [0, 0.05) is 5.75 Å².